The first kappa shape index (κ1) is 21.6. The van der Waals surface area contributed by atoms with Crippen LogP contribution in [0.5, 0.6) is 5.75 Å². The Morgan fingerprint density at radius 1 is 1.03 bits per heavy atom. The average molecular weight is 466 g/mol. The number of phenolic OH excluding ortho intramolecular Hbond substituents is 1. The van der Waals surface area contributed by atoms with Crippen LogP contribution >= 0.6 is 11.6 Å². The topological polar surface area (TPSA) is 70.4 Å². The van der Waals surface area contributed by atoms with Gasteiger partial charge in [-0.1, -0.05) is 60.0 Å². The Morgan fingerprint density at radius 2 is 1.79 bits per heavy atom. The van der Waals surface area contributed by atoms with E-state index in [-0.39, 0.29) is 11.3 Å². The number of hydrogen-bond acceptors (Lipinski definition) is 3. The highest BCUT2D eigenvalue weighted by atomic mass is 35.5. The van der Waals surface area contributed by atoms with Gasteiger partial charge in [0.05, 0.1) is 11.4 Å². The van der Waals surface area contributed by atoms with Crippen molar-refractivity contribution in [2.75, 3.05) is 0 Å². The van der Waals surface area contributed by atoms with Gasteiger partial charge in [-0.2, -0.15) is 5.10 Å². The SMILES string of the molecule is CC#Cc1ccc(-c2cc(=O)[nH]c3c(-c4ccc(Cl)cc4)c(Cc4ccccc4)nn23)c(O)c1. The van der Waals surface area contributed by atoms with Crippen molar-refractivity contribution in [2.45, 2.75) is 13.3 Å². The molecular weight excluding hydrogens is 446 g/mol. The van der Waals surface area contributed by atoms with E-state index in [2.05, 4.69) is 16.8 Å². The van der Waals surface area contributed by atoms with Crippen LogP contribution in [-0.2, 0) is 6.42 Å². The van der Waals surface area contributed by atoms with E-state index >= 15 is 0 Å². The lowest BCUT2D eigenvalue weighted by atomic mass is 10.0. The van der Waals surface area contributed by atoms with Crippen LogP contribution in [0.3, 0.4) is 0 Å². The first-order chi connectivity index (χ1) is 16.5. The second kappa shape index (κ2) is 8.93. The molecule has 0 atom stereocenters. The van der Waals surface area contributed by atoms with Gasteiger partial charge < -0.3 is 10.1 Å². The summed E-state index contributed by atoms with van der Waals surface area (Å²) in [4.78, 5) is 15.7. The first-order valence-electron chi connectivity index (χ1n) is 10.7. The van der Waals surface area contributed by atoms with Crippen LogP contribution in [0, 0.1) is 11.8 Å². The van der Waals surface area contributed by atoms with Gasteiger partial charge in [0.1, 0.15) is 11.4 Å². The van der Waals surface area contributed by atoms with Gasteiger partial charge in [0.2, 0.25) is 0 Å². The number of phenols is 1. The highest BCUT2D eigenvalue weighted by molar-refractivity contribution is 6.30. The Labute approximate surface area is 201 Å². The molecule has 5 rings (SSSR count). The molecule has 34 heavy (non-hydrogen) atoms. The summed E-state index contributed by atoms with van der Waals surface area (Å²) in [5, 5.41) is 16.3. The summed E-state index contributed by atoms with van der Waals surface area (Å²) in [5.74, 6) is 5.78. The Hall–Kier alpha value is -4.27. The van der Waals surface area contributed by atoms with Crippen LogP contribution < -0.4 is 5.56 Å². The molecule has 0 saturated carbocycles. The monoisotopic (exact) mass is 465 g/mol. The average Bonchev–Trinajstić information content (AvgIpc) is 3.18. The number of benzene rings is 3. The van der Waals surface area contributed by atoms with Crippen LogP contribution in [0.1, 0.15) is 23.7 Å². The number of rotatable bonds is 4. The van der Waals surface area contributed by atoms with E-state index in [0.29, 0.717) is 33.9 Å². The van der Waals surface area contributed by atoms with Crippen molar-refractivity contribution in [2.24, 2.45) is 0 Å². The molecule has 0 fully saturated rings. The smallest absolute Gasteiger partial charge is 0.251 e. The minimum atomic E-state index is -0.291. The summed E-state index contributed by atoms with van der Waals surface area (Å²) in [5.41, 5.74) is 5.52. The van der Waals surface area contributed by atoms with Gasteiger partial charge in [-0.25, -0.2) is 4.52 Å². The number of aromatic nitrogens is 3. The van der Waals surface area contributed by atoms with Crippen LogP contribution in [0.4, 0.5) is 0 Å². The zero-order valence-corrected chi connectivity index (χ0v) is 19.1. The molecular formula is C28H20ClN3O2. The van der Waals surface area contributed by atoms with E-state index in [1.54, 1.807) is 23.6 Å². The normalized spacial score (nSPS) is 10.8. The molecule has 0 radical (unpaired) electrons. The van der Waals surface area contributed by atoms with Crippen molar-refractivity contribution in [1.29, 1.82) is 0 Å². The number of hydrogen-bond donors (Lipinski definition) is 2. The summed E-state index contributed by atoms with van der Waals surface area (Å²) >= 11 is 6.13. The summed E-state index contributed by atoms with van der Waals surface area (Å²) in [7, 11) is 0. The number of H-pyrrole nitrogens is 1. The van der Waals surface area contributed by atoms with E-state index in [9.17, 15) is 9.90 Å². The number of fused-ring (bicyclic) bond motifs is 1. The van der Waals surface area contributed by atoms with Gasteiger partial charge >= 0.3 is 0 Å². The molecule has 0 aliphatic heterocycles. The fourth-order valence-corrected chi connectivity index (χ4v) is 4.21. The quantitative estimate of drug-likeness (QED) is 0.335. The molecule has 0 aliphatic carbocycles. The molecule has 5 aromatic rings. The summed E-state index contributed by atoms with van der Waals surface area (Å²) < 4.78 is 1.68. The molecule has 0 amide bonds. The Morgan fingerprint density at radius 3 is 2.50 bits per heavy atom. The van der Waals surface area contributed by atoms with E-state index in [4.69, 9.17) is 16.7 Å². The maximum absolute atomic E-state index is 12.7. The van der Waals surface area contributed by atoms with E-state index in [1.807, 2.05) is 60.7 Å². The lowest BCUT2D eigenvalue weighted by molar-refractivity contribution is 0.476. The molecule has 2 aromatic heterocycles. The van der Waals surface area contributed by atoms with Gasteiger partial charge in [-0.05, 0) is 48.4 Å². The lowest BCUT2D eigenvalue weighted by Gasteiger charge is -2.08. The van der Waals surface area contributed by atoms with E-state index in [0.717, 1.165) is 22.4 Å². The molecule has 0 unspecified atom stereocenters. The standard InChI is InChI=1S/C28H20ClN3O2/c1-2-6-18-9-14-22(25(33)16-18)24-17-26(34)30-28-27(20-10-12-21(29)13-11-20)23(31-32(24)28)15-19-7-4-3-5-8-19/h3-5,7-14,16-17,33H,15H2,1H3,(H,30,34). The van der Waals surface area contributed by atoms with Crippen LogP contribution in [-0.4, -0.2) is 19.7 Å². The second-order valence-electron chi connectivity index (χ2n) is 7.88. The van der Waals surface area contributed by atoms with Crippen molar-refractivity contribution in [3.05, 3.63) is 111 Å². The van der Waals surface area contributed by atoms with Crippen molar-refractivity contribution >= 4 is 17.2 Å². The third kappa shape index (κ3) is 4.07. The van der Waals surface area contributed by atoms with Crippen LogP contribution in [0.25, 0.3) is 28.0 Å². The largest absolute Gasteiger partial charge is 0.507 e. The minimum absolute atomic E-state index is 0.0281. The zero-order valence-electron chi connectivity index (χ0n) is 18.3. The fraction of sp³-hybridized carbons (Fsp3) is 0.0714. The fourth-order valence-electron chi connectivity index (χ4n) is 4.09. The highest BCUT2D eigenvalue weighted by Crippen LogP contribution is 2.34. The van der Waals surface area contributed by atoms with Gasteiger partial charge in [0.25, 0.3) is 5.56 Å². The second-order valence-corrected chi connectivity index (χ2v) is 8.31. The molecule has 0 aliphatic rings. The predicted molar refractivity (Wildman–Crippen MR) is 135 cm³/mol. The summed E-state index contributed by atoms with van der Waals surface area (Å²) in [6.45, 7) is 1.74. The highest BCUT2D eigenvalue weighted by Gasteiger charge is 2.20. The van der Waals surface area contributed by atoms with Crippen molar-refractivity contribution in [3.63, 3.8) is 0 Å². The number of nitrogens with one attached hydrogen (secondary N) is 1. The molecule has 6 heteroatoms. The van der Waals surface area contributed by atoms with Gasteiger partial charge in [-0.3, -0.25) is 4.79 Å². The van der Waals surface area contributed by atoms with Gasteiger partial charge in [-0.15, -0.1) is 5.92 Å². The Balaban J connectivity index is 1.78. The Bertz CT molecular complexity index is 1620. The molecule has 0 saturated heterocycles. The lowest BCUT2D eigenvalue weighted by Crippen LogP contribution is -2.10. The molecule has 2 heterocycles. The number of aromatic amines is 1. The van der Waals surface area contributed by atoms with E-state index < -0.39 is 0 Å². The van der Waals surface area contributed by atoms with Crippen molar-refractivity contribution in [3.8, 4) is 40.0 Å². The molecule has 2 N–H and O–H groups in total. The van der Waals surface area contributed by atoms with Gasteiger partial charge in [0.15, 0.2) is 0 Å². The molecule has 5 nitrogen and oxygen atoms in total. The van der Waals surface area contributed by atoms with E-state index in [1.165, 1.54) is 6.07 Å². The summed E-state index contributed by atoms with van der Waals surface area (Å²) in [6.07, 6.45) is 0.568. The van der Waals surface area contributed by atoms with Crippen molar-refractivity contribution in [1.82, 2.24) is 14.6 Å². The third-order valence-corrected chi connectivity index (χ3v) is 5.84. The maximum Gasteiger partial charge on any atom is 0.251 e. The van der Waals surface area contributed by atoms with Crippen molar-refractivity contribution < 1.29 is 5.11 Å². The first-order valence-corrected chi connectivity index (χ1v) is 11.1. The minimum Gasteiger partial charge on any atom is -0.507 e. The molecule has 3 aromatic carbocycles. The molecule has 0 spiro atoms. The van der Waals surface area contributed by atoms with Crippen LogP contribution in [0.2, 0.25) is 5.02 Å². The summed E-state index contributed by atoms with van der Waals surface area (Å²) in [6, 6.07) is 24.1. The number of halogens is 1. The van der Waals surface area contributed by atoms with Crippen LogP contribution in [0.15, 0.2) is 83.7 Å². The Kier molecular flexibility index (Phi) is 5.67. The zero-order chi connectivity index (χ0) is 23.7. The molecule has 0 bridgehead atoms. The predicted octanol–water partition coefficient (Wildman–Crippen LogP) is 5.68. The number of aromatic hydroxyl groups is 1. The van der Waals surface area contributed by atoms with Gasteiger partial charge in [0, 0.05) is 34.2 Å². The third-order valence-electron chi connectivity index (χ3n) is 5.59. The maximum atomic E-state index is 12.7. The molecule has 166 valence electrons. The number of nitrogens with zero attached hydrogens (tertiary/aromatic N) is 2.